The molecule has 0 aliphatic heterocycles. The highest BCUT2D eigenvalue weighted by molar-refractivity contribution is 7.94. The van der Waals surface area contributed by atoms with Crippen LogP contribution in [0, 0.1) is 6.92 Å². The molecule has 0 unspecified atom stereocenters. The molecule has 152 valence electrons. The molecule has 0 aliphatic carbocycles. The smallest absolute Gasteiger partial charge is 0.307 e. The van der Waals surface area contributed by atoms with Crippen molar-refractivity contribution in [2.45, 2.75) is 19.8 Å². The topological polar surface area (TPSA) is 108 Å². The van der Waals surface area contributed by atoms with Crippen molar-refractivity contribution in [3.63, 3.8) is 0 Å². The van der Waals surface area contributed by atoms with Crippen LogP contribution in [0.3, 0.4) is 0 Å². The molecule has 0 fully saturated rings. The second-order valence-corrected chi connectivity index (χ2v) is 7.25. The summed E-state index contributed by atoms with van der Waals surface area (Å²) in [5, 5.41) is 22.5. The molecule has 7 nitrogen and oxygen atoms in total. The highest BCUT2D eigenvalue weighted by atomic mass is 32.2. The summed E-state index contributed by atoms with van der Waals surface area (Å²) in [4.78, 5) is 17.5. The molecule has 0 saturated carbocycles. The second kappa shape index (κ2) is 10.1. The molecule has 8 heteroatoms. The molecule has 3 aromatic rings. The Morgan fingerprint density at radius 3 is 2.72 bits per heavy atom. The van der Waals surface area contributed by atoms with E-state index in [0.29, 0.717) is 12.2 Å². The first-order valence-corrected chi connectivity index (χ1v) is 9.94. The number of nitrogens with one attached hydrogen (secondary N) is 2. The molecule has 0 atom stereocenters. The third kappa shape index (κ3) is 5.85. The third-order valence-corrected chi connectivity index (χ3v) is 4.94. The lowest BCUT2D eigenvalue weighted by atomic mass is 10.1. The van der Waals surface area contributed by atoms with Crippen LogP contribution in [0.15, 0.2) is 42.5 Å². The molecule has 0 aliphatic rings. The number of hydrogen-bond acceptors (Lipinski definition) is 5. The maximum Gasteiger partial charge on any atom is 0.307 e. The van der Waals surface area contributed by atoms with E-state index >= 15 is 0 Å². The summed E-state index contributed by atoms with van der Waals surface area (Å²) in [6.45, 7) is 1.98. The van der Waals surface area contributed by atoms with E-state index in [4.69, 9.17) is 10.4 Å². The van der Waals surface area contributed by atoms with Crippen LogP contribution in [0.2, 0.25) is 0 Å². The van der Waals surface area contributed by atoms with Crippen LogP contribution in [0.5, 0.6) is 0 Å². The van der Waals surface area contributed by atoms with Gasteiger partial charge in [0.2, 0.25) is 0 Å². The van der Waals surface area contributed by atoms with Crippen molar-refractivity contribution in [3.05, 3.63) is 70.0 Å². The average Bonchev–Trinajstić information content (AvgIpc) is 3.28. The number of H-pyrrole nitrogens is 2. The number of carboxylic acids is 1. The molecule has 3 rings (SSSR count). The molecule has 1 aromatic carbocycles. The molecule has 0 amide bonds. The summed E-state index contributed by atoms with van der Waals surface area (Å²) in [5.74, 6) is -0.275. The Morgan fingerprint density at radius 1 is 1.21 bits per heavy atom. The fourth-order valence-corrected chi connectivity index (χ4v) is 3.45. The highest BCUT2D eigenvalue weighted by Crippen LogP contribution is 2.23. The van der Waals surface area contributed by atoms with Gasteiger partial charge in [0.1, 0.15) is 0 Å². The summed E-state index contributed by atoms with van der Waals surface area (Å²) in [7, 11) is 0. The van der Waals surface area contributed by atoms with Crippen molar-refractivity contribution < 1.29 is 24.5 Å². The number of aliphatic carboxylic acids is 1. The molecular formula is C21H22N2O5S. The van der Waals surface area contributed by atoms with Crippen LogP contribution in [0.25, 0.3) is 23.4 Å². The molecule has 2 aromatic heterocycles. The largest absolute Gasteiger partial charge is 0.481 e. The van der Waals surface area contributed by atoms with Crippen LogP contribution < -0.4 is 10.7 Å². The third-order valence-electron chi connectivity index (χ3n) is 4.41. The number of aryl methyl sites for hydroxylation is 2. The Morgan fingerprint density at radius 2 is 2.00 bits per heavy atom. The van der Waals surface area contributed by atoms with Gasteiger partial charge in [-0.2, -0.15) is 0 Å². The molecule has 0 bridgehead atoms. The first-order chi connectivity index (χ1) is 14.1. The monoisotopic (exact) mass is 414 g/mol. The molecule has 4 N–H and O–H groups in total. The summed E-state index contributed by atoms with van der Waals surface area (Å²) in [6, 6.07) is 14.0. The molecule has 29 heavy (non-hydrogen) atoms. The summed E-state index contributed by atoms with van der Waals surface area (Å²) in [6.07, 6.45) is 4.33. The van der Waals surface area contributed by atoms with Gasteiger partial charge < -0.3 is 15.1 Å². The normalized spacial score (nSPS) is 12.6. The van der Waals surface area contributed by atoms with Crippen LogP contribution in [0.1, 0.15) is 23.2 Å². The summed E-state index contributed by atoms with van der Waals surface area (Å²) in [5.41, 5.74) is 5.13. The predicted octanol–water partition coefficient (Wildman–Crippen LogP) is 3.01. The van der Waals surface area contributed by atoms with Crippen LogP contribution in [0.4, 0.5) is 0 Å². The lowest BCUT2D eigenvalue weighted by molar-refractivity contribution is -0.432. The zero-order valence-corrected chi connectivity index (χ0v) is 16.7. The van der Waals surface area contributed by atoms with Gasteiger partial charge in [0.05, 0.1) is 6.42 Å². The molecule has 2 heterocycles. The van der Waals surface area contributed by atoms with Gasteiger partial charge in [0.25, 0.3) is 0 Å². The molecular weight excluding hydrogens is 392 g/mol. The molecule has 0 radical (unpaired) electrons. The van der Waals surface area contributed by atoms with E-state index in [1.54, 1.807) is 6.08 Å². The lowest BCUT2D eigenvalue weighted by Crippen LogP contribution is -2.11. The van der Waals surface area contributed by atoms with Crippen molar-refractivity contribution in [1.29, 1.82) is 0 Å². The number of carbonyl (C=O) groups is 1. The summed E-state index contributed by atoms with van der Waals surface area (Å²) >= 11 is 1.02. The Hall–Kier alpha value is -2.78. The van der Waals surface area contributed by atoms with Crippen molar-refractivity contribution >= 4 is 30.2 Å². The lowest BCUT2D eigenvalue weighted by Gasteiger charge is -1.99. The zero-order chi connectivity index (χ0) is 20.6. The Balaban J connectivity index is 1.96. The van der Waals surface area contributed by atoms with E-state index in [2.05, 4.69) is 25.4 Å². The first-order valence-electron chi connectivity index (χ1n) is 9.03. The van der Waals surface area contributed by atoms with Crippen molar-refractivity contribution in [2.75, 3.05) is 5.75 Å². The van der Waals surface area contributed by atoms with E-state index in [9.17, 15) is 4.79 Å². The fourth-order valence-electron chi connectivity index (χ4n) is 3.03. The Labute approximate surface area is 171 Å². The minimum atomic E-state index is -0.867. The van der Waals surface area contributed by atoms with Crippen molar-refractivity contribution in [1.82, 2.24) is 9.97 Å². The Kier molecular flexibility index (Phi) is 7.31. The number of rotatable bonds is 9. The van der Waals surface area contributed by atoms with E-state index in [0.717, 1.165) is 50.8 Å². The van der Waals surface area contributed by atoms with Gasteiger partial charge in [0.15, 0.2) is 0 Å². The standard InChI is InChI=1S/C21H22N2O5S/c1-14-11-17(7-8-21(24)25)22-18(14)13-20-16(9-10-29-28-27-26)12-19(23-20)15-5-3-2-4-6-15/h2-7,11-13,22-23,26H,8-10H2,1H3,(H,24,25). The number of hydrogen-bond donors (Lipinski definition) is 4. The minimum absolute atomic E-state index is 0.0323. The van der Waals surface area contributed by atoms with Gasteiger partial charge in [-0.1, -0.05) is 35.4 Å². The average molecular weight is 414 g/mol. The first kappa shape index (κ1) is 20.9. The van der Waals surface area contributed by atoms with Gasteiger partial charge in [-0.25, -0.2) is 5.26 Å². The number of aromatic amines is 2. The summed E-state index contributed by atoms with van der Waals surface area (Å²) < 4.78 is 4.47. The minimum Gasteiger partial charge on any atom is -0.481 e. The van der Waals surface area contributed by atoms with Crippen molar-refractivity contribution in [2.24, 2.45) is 0 Å². The van der Waals surface area contributed by atoms with Gasteiger partial charge in [-0.15, -0.1) is 4.33 Å². The van der Waals surface area contributed by atoms with Crippen molar-refractivity contribution in [3.8, 4) is 11.3 Å². The second-order valence-electron chi connectivity index (χ2n) is 6.47. The fraction of sp³-hybridized carbons (Fsp3) is 0.190. The van der Waals surface area contributed by atoms with Crippen LogP contribution in [-0.4, -0.2) is 32.1 Å². The van der Waals surface area contributed by atoms with Crippen LogP contribution in [-0.2, 0) is 20.6 Å². The van der Waals surface area contributed by atoms with E-state index in [1.165, 1.54) is 0 Å². The van der Waals surface area contributed by atoms with Crippen LogP contribution >= 0.6 is 12.0 Å². The maximum absolute atomic E-state index is 10.8. The van der Waals surface area contributed by atoms with E-state index in [1.807, 2.05) is 49.4 Å². The Bertz CT molecular complexity index is 1070. The SMILES string of the molecule is Cc1cc(=CCC(=O)O)[nH]c1=Cc1[nH]c(-c2ccccc2)cc1CCSOOO. The highest BCUT2D eigenvalue weighted by Gasteiger charge is 2.09. The van der Waals surface area contributed by atoms with Gasteiger partial charge in [-0.05, 0) is 54.3 Å². The molecule has 0 saturated heterocycles. The number of aromatic nitrogens is 2. The quantitative estimate of drug-likeness (QED) is 0.186. The van der Waals surface area contributed by atoms with Gasteiger partial charge in [0, 0.05) is 39.9 Å². The number of carboxylic acid groups (broad SMARTS) is 1. The predicted molar refractivity (Wildman–Crippen MR) is 112 cm³/mol. The maximum atomic E-state index is 10.8. The van der Waals surface area contributed by atoms with Gasteiger partial charge in [-0.3, -0.25) is 4.79 Å². The zero-order valence-electron chi connectivity index (χ0n) is 15.8. The molecule has 0 spiro atoms. The van der Waals surface area contributed by atoms with Gasteiger partial charge >= 0.3 is 5.97 Å². The number of benzene rings is 1. The van der Waals surface area contributed by atoms with E-state index < -0.39 is 5.97 Å². The van der Waals surface area contributed by atoms with E-state index in [-0.39, 0.29) is 6.42 Å².